The molecule has 0 aromatic heterocycles. The normalized spacial score (nSPS) is 16.2. The van der Waals surface area contributed by atoms with Crippen molar-refractivity contribution in [2.24, 2.45) is 17.1 Å². The van der Waals surface area contributed by atoms with Crippen molar-refractivity contribution in [1.29, 1.82) is 0 Å². The van der Waals surface area contributed by atoms with Crippen molar-refractivity contribution in [3.63, 3.8) is 0 Å². The van der Waals surface area contributed by atoms with Gasteiger partial charge in [-0.2, -0.15) is 13.2 Å². The van der Waals surface area contributed by atoms with Crippen LogP contribution in [0.2, 0.25) is 0 Å². The van der Waals surface area contributed by atoms with E-state index in [-0.39, 0.29) is 13.0 Å². The first-order chi connectivity index (χ1) is 5.19. The Morgan fingerprint density at radius 1 is 1.17 bits per heavy atom. The standard InChI is InChI=1S/C8H16F3N/c1-7(2,3)6(4-5-12)8(9,10)11/h6H,4-5,12H2,1-3H3. The molecule has 0 amide bonds. The molecule has 0 aliphatic heterocycles. The van der Waals surface area contributed by atoms with Crippen molar-refractivity contribution in [3.8, 4) is 0 Å². The van der Waals surface area contributed by atoms with Crippen LogP contribution in [0.3, 0.4) is 0 Å². The van der Waals surface area contributed by atoms with Crippen LogP contribution in [0.4, 0.5) is 13.2 Å². The van der Waals surface area contributed by atoms with E-state index >= 15 is 0 Å². The number of alkyl halides is 3. The molecule has 0 aromatic carbocycles. The summed E-state index contributed by atoms with van der Waals surface area (Å²) in [5.74, 6) is -1.30. The fourth-order valence-electron chi connectivity index (χ4n) is 1.25. The third kappa shape index (κ3) is 3.43. The van der Waals surface area contributed by atoms with E-state index in [4.69, 9.17) is 5.73 Å². The maximum atomic E-state index is 12.3. The second kappa shape index (κ2) is 3.64. The van der Waals surface area contributed by atoms with E-state index in [1.165, 1.54) is 0 Å². The van der Waals surface area contributed by atoms with Crippen LogP contribution < -0.4 is 5.73 Å². The zero-order chi connectivity index (χ0) is 9.99. The van der Waals surface area contributed by atoms with Gasteiger partial charge in [-0.25, -0.2) is 0 Å². The molecule has 0 rings (SSSR count). The summed E-state index contributed by atoms with van der Waals surface area (Å²) in [6.07, 6.45) is -4.12. The molecule has 1 unspecified atom stereocenters. The molecule has 74 valence electrons. The number of halogens is 3. The predicted octanol–water partition coefficient (Wildman–Crippen LogP) is 2.56. The van der Waals surface area contributed by atoms with Gasteiger partial charge >= 0.3 is 6.18 Å². The highest BCUT2D eigenvalue weighted by atomic mass is 19.4. The smallest absolute Gasteiger partial charge is 0.330 e. The third-order valence-corrected chi connectivity index (χ3v) is 1.90. The predicted molar refractivity (Wildman–Crippen MR) is 42.7 cm³/mol. The first-order valence-electron chi connectivity index (χ1n) is 3.96. The van der Waals surface area contributed by atoms with Gasteiger partial charge in [0, 0.05) is 0 Å². The minimum absolute atomic E-state index is 0.00694. The van der Waals surface area contributed by atoms with Crippen LogP contribution in [0.15, 0.2) is 0 Å². The molecule has 0 aliphatic carbocycles. The highest BCUT2D eigenvalue weighted by Gasteiger charge is 2.45. The lowest BCUT2D eigenvalue weighted by atomic mass is 9.78. The summed E-state index contributed by atoms with van der Waals surface area (Å²) in [7, 11) is 0. The van der Waals surface area contributed by atoms with Crippen LogP contribution >= 0.6 is 0 Å². The molecule has 0 radical (unpaired) electrons. The molecule has 1 atom stereocenters. The first-order valence-corrected chi connectivity index (χ1v) is 3.96. The molecule has 0 heterocycles. The summed E-state index contributed by atoms with van der Waals surface area (Å²) < 4.78 is 37.0. The van der Waals surface area contributed by atoms with Crippen LogP contribution in [0, 0.1) is 11.3 Å². The second-order valence-electron chi connectivity index (χ2n) is 4.04. The summed E-state index contributed by atoms with van der Waals surface area (Å²) in [5.41, 5.74) is 4.37. The number of hydrogen-bond acceptors (Lipinski definition) is 1. The average Bonchev–Trinajstić information content (AvgIpc) is 1.77. The van der Waals surface area contributed by atoms with Gasteiger partial charge in [-0.15, -0.1) is 0 Å². The summed E-state index contributed by atoms with van der Waals surface area (Å²) >= 11 is 0. The Kier molecular flexibility index (Phi) is 3.57. The monoisotopic (exact) mass is 183 g/mol. The van der Waals surface area contributed by atoms with E-state index in [0.717, 1.165) is 0 Å². The van der Waals surface area contributed by atoms with E-state index < -0.39 is 17.5 Å². The molecular weight excluding hydrogens is 167 g/mol. The van der Waals surface area contributed by atoms with Crippen molar-refractivity contribution < 1.29 is 13.2 Å². The van der Waals surface area contributed by atoms with Gasteiger partial charge in [0.15, 0.2) is 0 Å². The van der Waals surface area contributed by atoms with Crippen molar-refractivity contribution in [1.82, 2.24) is 0 Å². The van der Waals surface area contributed by atoms with Gasteiger partial charge in [-0.1, -0.05) is 20.8 Å². The molecular formula is C8H16F3N. The number of rotatable bonds is 2. The molecule has 0 aliphatic rings. The van der Waals surface area contributed by atoms with E-state index in [1.807, 2.05) is 0 Å². The molecule has 0 fully saturated rings. The van der Waals surface area contributed by atoms with Crippen molar-refractivity contribution >= 4 is 0 Å². The van der Waals surface area contributed by atoms with Crippen LogP contribution in [0.5, 0.6) is 0 Å². The number of nitrogens with two attached hydrogens (primary N) is 1. The molecule has 4 heteroatoms. The molecule has 0 saturated carbocycles. The second-order valence-corrected chi connectivity index (χ2v) is 4.04. The van der Waals surface area contributed by atoms with Crippen LogP contribution in [0.25, 0.3) is 0 Å². The van der Waals surface area contributed by atoms with E-state index in [9.17, 15) is 13.2 Å². The Labute approximate surface area is 71.1 Å². The Morgan fingerprint density at radius 3 is 1.67 bits per heavy atom. The largest absolute Gasteiger partial charge is 0.392 e. The summed E-state index contributed by atoms with van der Waals surface area (Å²) in [6, 6.07) is 0. The van der Waals surface area contributed by atoms with E-state index in [2.05, 4.69) is 0 Å². The van der Waals surface area contributed by atoms with Gasteiger partial charge in [0.2, 0.25) is 0 Å². The minimum atomic E-state index is -4.13. The molecule has 0 spiro atoms. The number of hydrogen-bond donors (Lipinski definition) is 1. The molecule has 1 nitrogen and oxygen atoms in total. The van der Waals surface area contributed by atoms with Gasteiger partial charge in [0.25, 0.3) is 0 Å². The summed E-state index contributed by atoms with van der Waals surface area (Å²) in [5, 5.41) is 0. The lowest BCUT2D eigenvalue weighted by molar-refractivity contribution is -0.201. The maximum absolute atomic E-state index is 12.3. The summed E-state index contributed by atoms with van der Waals surface area (Å²) in [6.45, 7) is 4.84. The molecule has 0 aromatic rings. The van der Waals surface area contributed by atoms with Crippen molar-refractivity contribution in [3.05, 3.63) is 0 Å². The Hall–Kier alpha value is -0.250. The lowest BCUT2D eigenvalue weighted by Crippen LogP contribution is -2.36. The van der Waals surface area contributed by atoms with Gasteiger partial charge in [0.05, 0.1) is 5.92 Å². The van der Waals surface area contributed by atoms with E-state index in [1.54, 1.807) is 20.8 Å². The summed E-state index contributed by atoms with van der Waals surface area (Å²) in [4.78, 5) is 0. The minimum Gasteiger partial charge on any atom is -0.330 e. The molecule has 0 saturated heterocycles. The van der Waals surface area contributed by atoms with Gasteiger partial charge in [-0.05, 0) is 18.4 Å². The molecule has 0 bridgehead atoms. The first kappa shape index (κ1) is 11.8. The van der Waals surface area contributed by atoms with Gasteiger partial charge in [0.1, 0.15) is 0 Å². The highest BCUT2D eigenvalue weighted by molar-refractivity contribution is 4.80. The fourth-order valence-corrected chi connectivity index (χ4v) is 1.25. The highest BCUT2D eigenvalue weighted by Crippen LogP contribution is 2.41. The fraction of sp³-hybridized carbons (Fsp3) is 1.00. The van der Waals surface area contributed by atoms with Crippen LogP contribution in [0.1, 0.15) is 27.2 Å². The lowest BCUT2D eigenvalue weighted by Gasteiger charge is -2.32. The van der Waals surface area contributed by atoms with Gasteiger partial charge in [-0.3, -0.25) is 0 Å². The van der Waals surface area contributed by atoms with E-state index in [0.29, 0.717) is 0 Å². The topological polar surface area (TPSA) is 26.0 Å². The Bertz CT molecular complexity index is 120. The Morgan fingerprint density at radius 2 is 1.58 bits per heavy atom. The maximum Gasteiger partial charge on any atom is 0.392 e. The van der Waals surface area contributed by atoms with Crippen molar-refractivity contribution in [2.75, 3.05) is 6.54 Å². The van der Waals surface area contributed by atoms with Gasteiger partial charge < -0.3 is 5.73 Å². The quantitative estimate of drug-likeness (QED) is 0.699. The zero-order valence-electron chi connectivity index (χ0n) is 7.70. The molecule has 2 N–H and O–H groups in total. The van der Waals surface area contributed by atoms with Crippen LogP contribution in [-0.2, 0) is 0 Å². The van der Waals surface area contributed by atoms with Crippen LogP contribution in [-0.4, -0.2) is 12.7 Å². The van der Waals surface area contributed by atoms with Crippen molar-refractivity contribution in [2.45, 2.75) is 33.4 Å². The Balaban J connectivity index is 4.45. The average molecular weight is 183 g/mol. The SMILES string of the molecule is CC(C)(C)C(CCN)C(F)(F)F. The third-order valence-electron chi connectivity index (χ3n) is 1.90. The molecule has 12 heavy (non-hydrogen) atoms. The zero-order valence-corrected chi connectivity index (χ0v) is 7.70.